The number of piperazine rings is 1. The molecule has 0 aliphatic carbocycles. The van der Waals surface area contributed by atoms with E-state index in [1.54, 1.807) is 38.1 Å². The summed E-state index contributed by atoms with van der Waals surface area (Å²) < 4.78 is 58.2. The number of anilines is 2. The second-order valence-corrected chi connectivity index (χ2v) is 20.7. The molecule has 3 aromatic carbocycles. The molecule has 388 valence electrons. The average molecular weight is 1030 g/mol. The fraction of sp³-hybridized carbons (Fsp3) is 0.404. The van der Waals surface area contributed by atoms with E-state index in [1.807, 2.05) is 52.1 Å². The maximum atomic E-state index is 15.5. The number of carbonyl (C=O) groups is 5. The first-order valence-corrected chi connectivity index (χ1v) is 24.6. The number of aryl methyl sites for hydroxylation is 1. The number of carbonyl (C=O) groups excluding carboxylic acids is 5. The quantitative estimate of drug-likeness (QED) is 0.0705. The lowest BCUT2D eigenvalue weighted by Crippen LogP contribution is -2.58. The number of nitrogens with one attached hydrogen (secondary N) is 5. The smallest absolute Gasteiger partial charge is 0.391 e. The monoisotopic (exact) mass is 1030 g/mol. The van der Waals surface area contributed by atoms with Crippen LogP contribution in [0.5, 0.6) is 0 Å². The summed E-state index contributed by atoms with van der Waals surface area (Å²) in [5.74, 6) is -4.85. The van der Waals surface area contributed by atoms with Gasteiger partial charge in [-0.15, -0.1) is 11.3 Å². The van der Waals surface area contributed by atoms with E-state index in [1.165, 1.54) is 52.6 Å². The number of rotatable bonds is 13. The lowest BCUT2D eigenvalue weighted by molar-refractivity contribution is -0.144. The Morgan fingerprint density at radius 2 is 1.58 bits per heavy atom. The van der Waals surface area contributed by atoms with Gasteiger partial charge in [0.2, 0.25) is 23.3 Å². The predicted molar refractivity (Wildman–Crippen MR) is 269 cm³/mol. The van der Waals surface area contributed by atoms with Gasteiger partial charge in [-0.3, -0.25) is 33.7 Å². The molecule has 21 heteroatoms. The fourth-order valence-electron chi connectivity index (χ4n) is 9.25. The highest BCUT2D eigenvalue weighted by Crippen LogP contribution is 2.40. The van der Waals surface area contributed by atoms with Crippen molar-refractivity contribution in [2.75, 3.05) is 43.4 Å². The Balaban J connectivity index is 1.15. The highest BCUT2D eigenvalue weighted by molar-refractivity contribution is 7.13. The first-order valence-electron chi connectivity index (χ1n) is 23.7. The van der Waals surface area contributed by atoms with Gasteiger partial charge in [-0.2, -0.15) is 13.2 Å². The van der Waals surface area contributed by atoms with E-state index in [0.29, 0.717) is 6.20 Å². The molecule has 0 spiro atoms. The maximum absolute atomic E-state index is 15.5. The van der Waals surface area contributed by atoms with Gasteiger partial charge in [0, 0.05) is 56.0 Å². The van der Waals surface area contributed by atoms with Crippen LogP contribution in [0, 0.1) is 18.2 Å². The second-order valence-electron chi connectivity index (χ2n) is 19.8. The molecule has 2 aromatic heterocycles. The van der Waals surface area contributed by atoms with Crippen molar-refractivity contribution in [1.29, 1.82) is 0 Å². The normalized spacial score (nSPS) is 19.2. The van der Waals surface area contributed by atoms with Crippen molar-refractivity contribution < 1.29 is 46.6 Å². The molecule has 2 aliphatic heterocycles. The third kappa shape index (κ3) is 12.1. The number of alkyl halides is 3. The number of aliphatic hydroxyl groups is 1. The highest BCUT2D eigenvalue weighted by atomic mass is 32.1. The summed E-state index contributed by atoms with van der Waals surface area (Å²) in [4.78, 5) is 95.4. The Morgan fingerprint density at radius 1 is 0.904 bits per heavy atom. The van der Waals surface area contributed by atoms with E-state index in [0.717, 1.165) is 21.7 Å². The highest BCUT2D eigenvalue weighted by Gasteiger charge is 2.45. The maximum Gasteiger partial charge on any atom is 0.417 e. The molecule has 16 nitrogen and oxygen atoms in total. The van der Waals surface area contributed by atoms with Crippen molar-refractivity contribution in [3.05, 3.63) is 123 Å². The molecule has 4 heterocycles. The van der Waals surface area contributed by atoms with E-state index in [4.69, 9.17) is 0 Å². The van der Waals surface area contributed by atoms with Crippen LogP contribution in [0.2, 0.25) is 0 Å². The molecule has 5 aromatic rings. The number of benzene rings is 3. The number of pyridine rings is 1. The van der Waals surface area contributed by atoms with Crippen LogP contribution in [0.15, 0.2) is 83.2 Å². The van der Waals surface area contributed by atoms with Gasteiger partial charge in [-0.1, -0.05) is 63.2 Å². The average Bonchev–Trinajstić information content (AvgIpc) is 3.95. The number of hydrogen-bond donors (Lipinski definition) is 6. The van der Waals surface area contributed by atoms with Crippen LogP contribution >= 0.6 is 11.3 Å². The molecule has 2 fully saturated rings. The fourth-order valence-corrected chi connectivity index (χ4v) is 10.1. The molecular formula is C52H59F4N9O7S. The number of nitrogens with zero attached hydrogens (tertiary/aromatic N) is 4. The van der Waals surface area contributed by atoms with Crippen LogP contribution in [0.4, 0.5) is 28.9 Å². The summed E-state index contributed by atoms with van der Waals surface area (Å²) in [6.45, 7) is 12.3. The first kappa shape index (κ1) is 53.8. The van der Waals surface area contributed by atoms with Gasteiger partial charge >= 0.3 is 6.18 Å². The number of β-amino-alcohol motifs (C(OH)–C–C–N with tert-alkyl or cyclic N) is 1. The van der Waals surface area contributed by atoms with Crippen LogP contribution in [-0.4, -0.2) is 118 Å². The van der Waals surface area contributed by atoms with Crippen LogP contribution in [0.1, 0.15) is 91.5 Å². The summed E-state index contributed by atoms with van der Waals surface area (Å²) in [6, 6.07) is 13.1. The summed E-state index contributed by atoms with van der Waals surface area (Å²) in [5.41, 5.74) is -0.258. The van der Waals surface area contributed by atoms with Crippen molar-refractivity contribution in [3.63, 3.8) is 0 Å². The predicted octanol–water partition coefficient (Wildman–Crippen LogP) is 6.51. The molecule has 2 aliphatic rings. The van der Waals surface area contributed by atoms with E-state index in [-0.39, 0.29) is 72.3 Å². The summed E-state index contributed by atoms with van der Waals surface area (Å²) in [5, 5.41) is 21.6. The van der Waals surface area contributed by atoms with Crippen LogP contribution < -0.4 is 31.7 Å². The lowest BCUT2D eigenvalue weighted by atomic mass is 9.85. The van der Waals surface area contributed by atoms with Gasteiger partial charge in [0.15, 0.2) is 0 Å². The zero-order valence-electron chi connectivity index (χ0n) is 41.6. The number of thiazole rings is 1. The summed E-state index contributed by atoms with van der Waals surface area (Å²) in [6.07, 6.45) is -5.56. The van der Waals surface area contributed by atoms with Gasteiger partial charge in [-0.05, 0) is 75.0 Å². The van der Waals surface area contributed by atoms with Crippen molar-refractivity contribution in [2.24, 2.45) is 5.41 Å². The van der Waals surface area contributed by atoms with Gasteiger partial charge in [0.1, 0.15) is 17.9 Å². The van der Waals surface area contributed by atoms with Crippen molar-refractivity contribution >= 4 is 52.2 Å². The van der Waals surface area contributed by atoms with E-state index in [2.05, 4.69) is 36.1 Å². The Bertz CT molecular complexity index is 2940. The molecule has 0 bridgehead atoms. The number of likely N-dealkylation sites (tertiary alicyclic amines) is 1. The molecule has 5 amide bonds. The van der Waals surface area contributed by atoms with E-state index in [9.17, 15) is 47.0 Å². The second kappa shape index (κ2) is 21.6. The molecule has 6 atom stereocenters. The Hall–Kier alpha value is -6.97. The Labute approximate surface area is 423 Å². The van der Waals surface area contributed by atoms with Gasteiger partial charge in [-0.25, -0.2) is 9.37 Å². The van der Waals surface area contributed by atoms with Crippen molar-refractivity contribution in [1.82, 2.24) is 35.7 Å². The summed E-state index contributed by atoms with van der Waals surface area (Å²) >= 11 is 1.52. The molecular weight excluding hydrogens is 971 g/mol. The molecule has 7 rings (SSSR count). The molecule has 2 saturated heterocycles. The van der Waals surface area contributed by atoms with Crippen LogP contribution in [0.25, 0.3) is 21.6 Å². The number of amides is 5. The number of aliphatic hydroxyl groups excluding tert-OH is 1. The van der Waals surface area contributed by atoms with Crippen LogP contribution in [-0.2, 0) is 20.6 Å². The number of H-pyrrole nitrogens is 1. The zero-order valence-corrected chi connectivity index (χ0v) is 42.4. The van der Waals surface area contributed by atoms with Gasteiger partial charge in [0.05, 0.1) is 62.8 Å². The minimum absolute atomic E-state index is 0.0204. The minimum atomic E-state index is -5.11. The van der Waals surface area contributed by atoms with Gasteiger partial charge < -0.3 is 41.2 Å². The third-order valence-corrected chi connectivity index (χ3v) is 14.4. The Morgan fingerprint density at radius 3 is 2.19 bits per heavy atom. The minimum Gasteiger partial charge on any atom is -0.391 e. The number of hydrogen-bond acceptors (Lipinski definition) is 11. The first-order chi connectivity index (χ1) is 34.3. The van der Waals surface area contributed by atoms with Crippen molar-refractivity contribution in [3.8, 4) is 21.6 Å². The molecule has 0 radical (unpaired) electrons. The Kier molecular flexibility index (Phi) is 15.9. The number of likely N-dealkylation sites (N-methyl/N-ethyl adjacent to an activating group) is 1. The van der Waals surface area contributed by atoms with E-state index >= 15 is 4.39 Å². The largest absolute Gasteiger partial charge is 0.417 e. The molecule has 73 heavy (non-hydrogen) atoms. The lowest BCUT2D eigenvalue weighted by Gasteiger charge is -2.44. The third-order valence-electron chi connectivity index (χ3n) is 13.4. The number of aromatic amines is 1. The van der Waals surface area contributed by atoms with Crippen molar-refractivity contribution in [2.45, 2.75) is 97.4 Å². The molecule has 6 N–H and O–H groups in total. The van der Waals surface area contributed by atoms with Gasteiger partial charge in [0.25, 0.3) is 11.8 Å². The van der Waals surface area contributed by atoms with Crippen LogP contribution in [0.3, 0.4) is 0 Å². The number of aromatic nitrogens is 2. The van der Waals surface area contributed by atoms with E-state index < -0.39 is 94.4 Å². The molecule has 0 saturated carbocycles. The SMILES string of the molecule is Cc1ncsc1-c1ccc([C@H](C)NC(=O)[C@@H]2C[C@@H](O)CN2C(=O)[C@@H](NC(=O)CNC(=O)c2cc(-c3ccccc3F)cc(NC(=O)c3c[nH]c(=O)cc3C(F)(F)F)c2N2C[C@@H](C)N(C)[C@@H](C)C2)C(C)(C)C)cc1. The summed E-state index contributed by atoms with van der Waals surface area (Å²) in [7, 11) is 1.90. The number of halogens is 4. The topological polar surface area (TPSA) is 209 Å². The standard InChI is InChI=1S/C52H59F4N9O7S/c1-27-23-64(24-28(2)63(27)8)44-36(17-33(35-11-9-10-12-39(35)53)18-40(44)61-48(70)37-21-57-42(67)20-38(37)52(54,55)56)47(69)58-22-43(68)62-46(51(5,6)7)50(72)65-25-34(66)19-41(65)49(71)60-29(3)31-13-15-32(16-14-31)45-30(4)59-26-73-45/h9-18,20-21,26-29,34,41,46,66H,19,22-25H2,1-8H3,(H,57,67)(H,58,69)(H,60,71)(H,61,70)(H,62,68)/t27-,28+,29-,34+,41-,46+/m0/s1. The molecule has 0 unspecified atom stereocenters. The zero-order chi connectivity index (χ0) is 53.3.